The minimum atomic E-state index is -0.278. The highest BCUT2D eigenvalue weighted by atomic mass is 35.5. The first-order valence-corrected chi connectivity index (χ1v) is 8.01. The molecule has 0 fully saturated rings. The van der Waals surface area contributed by atoms with Crippen LogP contribution in [0.15, 0.2) is 48.5 Å². The maximum atomic E-state index is 13.1. The summed E-state index contributed by atoms with van der Waals surface area (Å²) in [6, 6.07) is 14.5. The predicted octanol–water partition coefficient (Wildman–Crippen LogP) is 5.09. The van der Waals surface area contributed by atoms with Gasteiger partial charge in [0.1, 0.15) is 11.0 Å². The molecule has 1 aliphatic carbocycles. The molecule has 0 atom stereocenters. The van der Waals surface area contributed by atoms with Gasteiger partial charge in [-0.05, 0) is 49.1 Å². The van der Waals surface area contributed by atoms with E-state index in [0.29, 0.717) is 11.0 Å². The molecule has 0 saturated carbocycles. The second-order valence-electron chi connectivity index (χ2n) is 5.68. The number of halogens is 2. The zero-order valence-corrected chi connectivity index (χ0v) is 13.1. The van der Waals surface area contributed by atoms with Crippen LogP contribution in [0.4, 0.5) is 4.39 Å². The lowest BCUT2D eigenvalue weighted by molar-refractivity contribution is 0.628. The molecule has 3 aromatic rings. The van der Waals surface area contributed by atoms with Crippen molar-refractivity contribution in [2.75, 3.05) is 0 Å². The highest BCUT2D eigenvalue weighted by Gasteiger charge is 2.20. The molecule has 114 valence electrons. The first-order valence-electron chi connectivity index (χ1n) is 7.63. The number of hydrogen-bond acceptors (Lipinski definition) is 2. The van der Waals surface area contributed by atoms with Gasteiger partial charge in [-0.2, -0.15) is 0 Å². The smallest absolute Gasteiger partial charge is 0.161 e. The number of benzene rings is 2. The largest absolute Gasteiger partial charge is 0.228 e. The average Bonchev–Trinajstić information content (AvgIpc) is 2.75. The van der Waals surface area contributed by atoms with E-state index in [4.69, 9.17) is 16.6 Å². The monoisotopic (exact) mass is 324 g/mol. The van der Waals surface area contributed by atoms with E-state index in [1.165, 1.54) is 17.7 Å². The summed E-state index contributed by atoms with van der Waals surface area (Å²) in [4.78, 5) is 9.19. The van der Waals surface area contributed by atoms with E-state index in [0.717, 1.165) is 41.6 Å². The van der Waals surface area contributed by atoms with Crippen molar-refractivity contribution in [3.05, 3.63) is 70.6 Å². The fourth-order valence-electron chi connectivity index (χ4n) is 3.05. The summed E-state index contributed by atoms with van der Waals surface area (Å²) in [6.45, 7) is 0. The first kappa shape index (κ1) is 14.3. The summed E-state index contributed by atoms with van der Waals surface area (Å²) in [5, 5.41) is 0.492. The van der Waals surface area contributed by atoms with Crippen molar-refractivity contribution in [1.29, 1.82) is 0 Å². The fraction of sp³-hybridized carbons (Fsp3) is 0.158. The van der Waals surface area contributed by atoms with Crippen molar-refractivity contribution < 1.29 is 4.39 Å². The zero-order valence-electron chi connectivity index (χ0n) is 12.4. The molecule has 0 radical (unpaired) electrons. The molecule has 4 rings (SSSR count). The molecule has 0 amide bonds. The maximum absolute atomic E-state index is 13.1. The van der Waals surface area contributed by atoms with Crippen LogP contribution in [0.5, 0.6) is 0 Å². The average molecular weight is 325 g/mol. The van der Waals surface area contributed by atoms with Crippen molar-refractivity contribution in [3.63, 3.8) is 0 Å². The quantitative estimate of drug-likeness (QED) is 0.582. The number of hydrogen-bond donors (Lipinski definition) is 0. The Hall–Kier alpha value is -2.26. The van der Waals surface area contributed by atoms with Crippen molar-refractivity contribution in [2.45, 2.75) is 19.3 Å². The Morgan fingerprint density at radius 3 is 2.52 bits per heavy atom. The fourth-order valence-corrected chi connectivity index (χ4v) is 3.32. The van der Waals surface area contributed by atoms with Crippen molar-refractivity contribution in [3.8, 4) is 22.6 Å². The third-order valence-electron chi connectivity index (χ3n) is 4.20. The molecule has 4 heteroatoms. The van der Waals surface area contributed by atoms with Crippen molar-refractivity contribution in [2.24, 2.45) is 0 Å². The second-order valence-corrected chi connectivity index (χ2v) is 6.04. The summed E-state index contributed by atoms with van der Waals surface area (Å²) in [5.74, 6) is 0.255. The maximum Gasteiger partial charge on any atom is 0.161 e. The Bertz CT molecular complexity index is 875. The number of rotatable bonds is 1. The molecule has 2 aromatic carbocycles. The SMILES string of the molecule is Fc1ccc(-c2nc(Cl)c3c(n2)-c2ccccc2CCC3)cc1. The molecule has 2 nitrogen and oxygen atoms in total. The van der Waals surface area contributed by atoms with Crippen LogP contribution in [-0.4, -0.2) is 9.97 Å². The van der Waals surface area contributed by atoms with Gasteiger partial charge in [-0.3, -0.25) is 0 Å². The van der Waals surface area contributed by atoms with E-state index in [1.54, 1.807) is 12.1 Å². The van der Waals surface area contributed by atoms with Gasteiger partial charge in [-0.25, -0.2) is 14.4 Å². The lowest BCUT2D eigenvalue weighted by Crippen LogP contribution is -2.00. The van der Waals surface area contributed by atoms with Gasteiger partial charge in [0.2, 0.25) is 0 Å². The highest BCUT2D eigenvalue weighted by Crippen LogP contribution is 2.35. The van der Waals surface area contributed by atoms with E-state index in [9.17, 15) is 4.39 Å². The zero-order chi connectivity index (χ0) is 15.8. The lowest BCUT2D eigenvalue weighted by atomic mass is 10.0. The number of aryl methyl sites for hydroxylation is 1. The van der Waals surface area contributed by atoms with E-state index < -0.39 is 0 Å². The Kier molecular flexibility index (Phi) is 3.58. The summed E-state index contributed by atoms with van der Waals surface area (Å²) in [5.41, 5.74) is 5.07. The van der Waals surface area contributed by atoms with Gasteiger partial charge >= 0.3 is 0 Å². The van der Waals surface area contributed by atoms with Crippen LogP contribution in [0.1, 0.15) is 17.5 Å². The molecule has 0 saturated heterocycles. The Balaban J connectivity index is 1.93. The molecule has 1 aliphatic rings. The van der Waals surface area contributed by atoms with Crippen LogP contribution in [0, 0.1) is 5.82 Å². The number of fused-ring (bicyclic) bond motifs is 3. The van der Waals surface area contributed by atoms with Crippen LogP contribution < -0.4 is 0 Å². The minimum absolute atomic E-state index is 0.278. The standard InChI is InChI=1S/C19H14ClFN2/c20-18-16-7-3-5-12-4-1-2-6-15(12)17(16)22-19(23-18)13-8-10-14(21)11-9-13/h1-2,4,6,8-11H,3,5,7H2. The lowest BCUT2D eigenvalue weighted by Gasteiger charge is -2.11. The second kappa shape index (κ2) is 5.74. The predicted molar refractivity (Wildman–Crippen MR) is 89.9 cm³/mol. The highest BCUT2D eigenvalue weighted by molar-refractivity contribution is 6.30. The van der Waals surface area contributed by atoms with Crippen LogP contribution in [0.25, 0.3) is 22.6 Å². The number of aromatic nitrogens is 2. The summed E-state index contributed by atoms with van der Waals surface area (Å²) in [6.07, 6.45) is 2.91. The van der Waals surface area contributed by atoms with Gasteiger partial charge in [-0.15, -0.1) is 0 Å². The van der Waals surface area contributed by atoms with E-state index in [-0.39, 0.29) is 5.82 Å². The summed E-state index contributed by atoms with van der Waals surface area (Å²) < 4.78 is 13.1. The van der Waals surface area contributed by atoms with Crippen LogP contribution >= 0.6 is 11.6 Å². The molecule has 0 spiro atoms. The Morgan fingerprint density at radius 2 is 1.70 bits per heavy atom. The summed E-state index contributed by atoms with van der Waals surface area (Å²) in [7, 11) is 0. The Labute approximate surface area is 139 Å². The van der Waals surface area contributed by atoms with Gasteiger partial charge in [0.05, 0.1) is 5.69 Å². The first-order chi connectivity index (χ1) is 11.2. The normalized spacial score (nSPS) is 13.1. The molecule has 23 heavy (non-hydrogen) atoms. The summed E-state index contributed by atoms with van der Waals surface area (Å²) >= 11 is 6.44. The Morgan fingerprint density at radius 1 is 0.913 bits per heavy atom. The third kappa shape index (κ3) is 2.62. The molecule has 0 aliphatic heterocycles. The van der Waals surface area contributed by atoms with Gasteiger partial charge in [0.25, 0.3) is 0 Å². The van der Waals surface area contributed by atoms with Gasteiger partial charge in [0, 0.05) is 16.7 Å². The van der Waals surface area contributed by atoms with Crippen molar-refractivity contribution >= 4 is 11.6 Å². The van der Waals surface area contributed by atoms with Gasteiger partial charge < -0.3 is 0 Å². The van der Waals surface area contributed by atoms with Gasteiger partial charge in [0.15, 0.2) is 5.82 Å². The van der Waals surface area contributed by atoms with Gasteiger partial charge in [-0.1, -0.05) is 35.9 Å². The topological polar surface area (TPSA) is 25.8 Å². The molecule has 0 bridgehead atoms. The van der Waals surface area contributed by atoms with E-state index >= 15 is 0 Å². The van der Waals surface area contributed by atoms with E-state index in [1.807, 2.05) is 12.1 Å². The number of nitrogens with zero attached hydrogens (tertiary/aromatic N) is 2. The molecular formula is C19H14ClFN2. The molecule has 1 heterocycles. The molecule has 0 unspecified atom stereocenters. The van der Waals surface area contributed by atoms with Crippen LogP contribution in [-0.2, 0) is 12.8 Å². The van der Waals surface area contributed by atoms with Crippen LogP contribution in [0.3, 0.4) is 0 Å². The third-order valence-corrected chi connectivity index (χ3v) is 4.52. The van der Waals surface area contributed by atoms with Crippen LogP contribution in [0.2, 0.25) is 5.15 Å². The molecule has 0 N–H and O–H groups in total. The van der Waals surface area contributed by atoms with Crippen molar-refractivity contribution in [1.82, 2.24) is 9.97 Å². The molecule has 1 aromatic heterocycles. The van der Waals surface area contributed by atoms with E-state index in [2.05, 4.69) is 17.1 Å². The minimum Gasteiger partial charge on any atom is -0.228 e. The molecular weight excluding hydrogens is 311 g/mol.